The molecule has 0 aromatic heterocycles. The third-order valence-corrected chi connectivity index (χ3v) is 3.91. The number of carbonyl (C=O) groups excluding carboxylic acids is 1. The minimum atomic E-state index is -0.00389. The molecule has 0 aliphatic heterocycles. The highest BCUT2D eigenvalue weighted by Crippen LogP contribution is 2.26. The van der Waals surface area contributed by atoms with Gasteiger partial charge >= 0.3 is 0 Å². The zero-order chi connectivity index (χ0) is 16.1. The molecule has 0 heterocycles. The van der Waals surface area contributed by atoms with Gasteiger partial charge in [0.15, 0.2) is 12.4 Å². The van der Waals surface area contributed by atoms with E-state index in [9.17, 15) is 4.79 Å². The fourth-order valence-electron chi connectivity index (χ4n) is 2.78. The molecule has 0 saturated heterocycles. The summed E-state index contributed by atoms with van der Waals surface area (Å²) >= 11 is 0. The van der Waals surface area contributed by atoms with E-state index in [2.05, 4.69) is 31.2 Å². The van der Waals surface area contributed by atoms with Gasteiger partial charge in [0, 0.05) is 5.56 Å². The summed E-state index contributed by atoms with van der Waals surface area (Å²) in [6.07, 6.45) is 2.08. The highest BCUT2D eigenvalue weighted by molar-refractivity contribution is 5.97. The standard InChI is InChI=1S/C21H20O2/c1-2-8-17-13-19(14-18-11-6-7-12-20(17)18)23-15-21(22)16-9-4-3-5-10-16/h3-7,9-14H,2,8,15H2,1H3. The normalized spacial score (nSPS) is 10.7. The van der Waals surface area contributed by atoms with Gasteiger partial charge in [0.25, 0.3) is 0 Å². The maximum atomic E-state index is 12.2. The fraction of sp³-hybridized carbons (Fsp3) is 0.190. The molecule has 0 spiro atoms. The van der Waals surface area contributed by atoms with Crippen molar-refractivity contribution in [3.8, 4) is 5.75 Å². The van der Waals surface area contributed by atoms with Crippen molar-refractivity contribution in [1.82, 2.24) is 0 Å². The van der Waals surface area contributed by atoms with Crippen molar-refractivity contribution >= 4 is 16.6 Å². The van der Waals surface area contributed by atoms with Crippen LogP contribution in [-0.2, 0) is 6.42 Å². The molecule has 116 valence electrons. The molecule has 0 fully saturated rings. The summed E-state index contributed by atoms with van der Waals surface area (Å²) in [6, 6.07) is 21.6. The summed E-state index contributed by atoms with van der Waals surface area (Å²) in [4.78, 5) is 12.2. The quantitative estimate of drug-likeness (QED) is 0.595. The molecular weight excluding hydrogens is 284 g/mol. The smallest absolute Gasteiger partial charge is 0.200 e. The first-order chi connectivity index (χ1) is 11.3. The summed E-state index contributed by atoms with van der Waals surface area (Å²) in [7, 11) is 0. The lowest BCUT2D eigenvalue weighted by atomic mass is 10.0. The molecular formula is C21H20O2. The first kappa shape index (κ1) is 15.3. The second kappa shape index (κ2) is 7.10. The predicted octanol–water partition coefficient (Wildman–Crippen LogP) is 5.05. The summed E-state index contributed by atoms with van der Waals surface area (Å²) < 4.78 is 5.77. The molecule has 2 heteroatoms. The van der Waals surface area contributed by atoms with Gasteiger partial charge in [-0.15, -0.1) is 0 Å². The zero-order valence-electron chi connectivity index (χ0n) is 13.3. The second-order valence-electron chi connectivity index (χ2n) is 5.63. The SMILES string of the molecule is CCCc1cc(OCC(=O)c2ccccc2)cc2ccccc12. The average molecular weight is 304 g/mol. The molecule has 0 bridgehead atoms. The van der Waals surface area contributed by atoms with Crippen LogP contribution in [0.2, 0.25) is 0 Å². The number of carbonyl (C=O) groups is 1. The molecule has 0 N–H and O–H groups in total. The lowest BCUT2D eigenvalue weighted by Crippen LogP contribution is -2.11. The monoisotopic (exact) mass is 304 g/mol. The third-order valence-electron chi connectivity index (χ3n) is 3.91. The van der Waals surface area contributed by atoms with Crippen LogP contribution in [0.25, 0.3) is 10.8 Å². The number of benzene rings is 3. The van der Waals surface area contributed by atoms with E-state index in [0.717, 1.165) is 24.0 Å². The van der Waals surface area contributed by atoms with E-state index in [1.54, 1.807) is 0 Å². The van der Waals surface area contributed by atoms with Crippen LogP contribution >= 0.6 is 0 Å². The van der Waals surface area contributed by atoms with Gasteiger partial charge in [0.1, 0.15) is 5.75 Å². The molecule has 0 aliphatic carbocycles. The highest BCUT2D eigenvalue weighted by Gasteiger charge is 2.08. The molecule has 2 nitrogen and oxygen atoms in total. The van der Waals surface area contributed by atoms with Crippen molar-refractivity contribution in [2.45, 2.75) is 19.8 Å². The number of Topliss-reactive ketones (excluding diaryl/α,β-unsaturated/α-hetero) is 1. The number of ether oxygens (including phenoxy) is 1. The van der Waals surface area contributed by atoms with Crippen molar-refractivity contribution in [1.29, 1.82) is 0 Å². The van der Waals surface area contributed by atoms with Gasteiger partial charge in [-0.2, -0.15) is 0 Å². The van der Waals surface area contributed by atoms with Crippen LogP contribution in [0, 0.1) is 0 Å². The van der Waals surface area contributed by atoms with Crippen LogP contribution in [0.3, 0.4) is 0 Å². The Hall–Kier alpha value is -2.61. The molecule has 0 unspecified atom stereocenters. The average Bonchev–Trinajstić information content (AvgIpc) is 2.61. The van der Waals surface area contributed by atoms with E-state index in [-0.39, 0.29) is 12.4 Å². The van der Waals surface area contributed by atoms with Gasteiger partial charge in [0.2, 0.25) is 0 Å². The second-order valence-corrected chi connectivity index (χ2v) is 5.63. The molecule has 0 amide bonds. The number of fused-ring (bicyclic) bond motifs is 1. The van der Waals surface area contributed by atoms with Crippen LogP contribution in [0.5, 0.6) is 5.75 Å². The minimum absolute atomic E-state index is 0.00389. The van der Waals surface area contributed by atoms with Crippen molar-refractivity contribution in [2.24, 2.45) is 0 Å². The summed E-state index contributed by atoms with van der Waals surface area (Å²) in [5.74, 6) is 0.757. The van der Waals surface area contributed by atoms with Gasteiger partial charge < -0.3 is 4.74 Å². The van der Waals surface area contributed by atoms with E-state index in [1.807, 2.05) is 42.5 Å². The van der Waals surface area contributed by atoms with Gasteiger partial charge in [-0.3, -0.25) is 4.79 Å². The molecule has 3 aromatic carbocycles. The van der Waals surface area contributed by atoms with Crippen molar-refractivity contribution in [3.63, 3.8) is 0 Å². The largest absolute Gasteiger partial charge is 0.485 e. The lowest BCUT2D eigenvalue weighted by molar-refractivity contribution is 0.0921. The maximum Gasteiger partial charge on any atom is 0.200 e. The minimum Gasteiger partial charge on any atom is -0.485 e. The van der Waals surface area contributed by atoms with Gasteiger partial charge in [-0.25, -0.2) is 0 Å². The molecule has 3 aromatic rings. The van der Waals surface area contributed by atoms with Crippen molar-refractivity contribution < 1.29 is 9.53 Å². The fourth-order valence-corrected chi connectivity index (χ4v) is 2.78. The van der Waals surface area contributed by atoms with Crippen molar-refractivity contribution in [3.05, 3.63) is 77.9 Å². The zero-order valence-corrected chi connectivity index (χ0v) is 13.3. The Morgan fingerprint density at radius 1 is 0.957 bits per heavy atom. The van der Waals surface area contributed by atoms with Crippen LogP contribution in [0.4, 0.5) is 0 Å². The Kier molecular flexibility index (Phi) is 4.72. The Morgan fingerprint density at radius 3 is 2.48 bits per heavy atom. The van der Waals surface area contributed by atoms with Crippen molar-refractivity contribution in [2.75, 3.05) is 6.61 Å². The summed E-state index contributed by atoms with van der Waals surface area (Å²) in [5, 5.41) is 2.41. The summed E-state index contributed by atoms with van der Waals surface area (Å²) in [5.41, 5.74) is 1.95. The van der Waals surface area contributed by atoms with E-state index in [4.69, 9.17) is 4.74 Å². The Morgan fingerprint density at radius 2 is 1.70 bits per heavy atom. The Labute approximate surface area is 136 Å². The van der Waals surface area contributed by atoms with E-state index >= 15 is 0 Å². The molecule has 0 atom stereocenters. The van der Waals surface area contributed by atoms with Crippen LogP contribution in [0.1, 0.15) is 29.3 Å². The molecule has 3 rings (SSSR count). The third kappa shape index (κ3) is 3.59. The topological polar surface area (TPSA) is 26.3 Å². The lowest BCUT2D eigenvalue weighted by Gasteiger charge is -2.11. The van der Waals surface area contributed by atoms with Crippen LogP contribution < -0.4 is 4.74 Å². The first-order valence-electron chi connectivity index (χ1n) is 8.00. The number of hydrogen-bond donors (Lipinski definition) is 0. The highest BCUT2D eigenvalue weighted by atomic mass is 16.5. The Bertz CT molecular complexity index is 806. The van der Waals surface area contributed by atoms with E-state index in [0.29, 0.717) is 5.56 Å². The van der Waals surface area contributed by atoms with Crippen LogP contribution in [0.15, 0.2) is 66.7 Å². The Balaban J connectivity index is 1.81. The van der Waals surface area contributed by atoms with Gasteiger partial charge in [-0.1, -0.05) is 67.9 Å². The molecule has 0 aliphatic rings. The van der Waals surface area contributed by atoms with E-state index < -0.39 is 0 Å². The first-order valence-corrected chi connectivity index (χ1v) is 8.00. The van der Waals surface area contributed by atoms with Gasteiger partial charge in [-0.05, 0) is 34.9 Å². The predicted molar refractivity (Wildman–Crippen MR) is 94.2 cm³/mol. The molecule has 23 heavy (non-hydrogen) atoms. The molecule has 0 saturated carbocycles. The number of ketones is 1. The van der Waals surface area contributed by atoms with E-state index in [1.165, 1.54) is 10.9 Å². The van der Waals surface area contributed by atoms with Crippen LogP contribution in [-0.4, -0.2) is 12.4 Å². The van der Waals surface area contributed by atoms with Gasteiger partial charge in [0.05, 0.1) is 0 Å². The number of hydrogen-bond acceptors (Lipinski definition) is 2. The molecule has 0 radical (unpaired) electrons. The number of aryl methyl sites for hydroxylation is 1. The summed E-state index contributed by atoms with van der Waals surface area (Å²) in [6.45, 7) is 2.23. The maximum absolute atomic E-state index is 12.2. The number of rotatable bonds is 6.